The topological polar surface area (TPSA) is 54.5 Å². The Labute approximate surface area is 114 Å². The molecule has 1 unspecified atom stereocenters. The van der Waals surface area contributed by atoms with Crippen LogP contribution in [0.5, 0.6) is 0 Å². The molecular formula is C14H21N3O2. The molecule has 2 rings (SSSR count). The lowest BCUT2D eigenvalue weighted by molar-refractivity contribution is 0.0266. The number of ether oxygens (including phenoxy) is 1. The van der Waals surface area contributed by atoms with Crippen LogP contribution in [0.15, 0.2) is 18.3 Å². The Bertz CT molecular complexity index is 436. The van der Waals surface area contributed by atoms with Crippen molar-refractivity contribution in [3.8, 4) is 0 Å². The molecule has 0 bridgehead atoms. The second-order valence-corrected chi connectivity index (χ2v) is 4.71. The number of nitrogens with zero attached hydrogens (tertiary/aromatic N) is 2. The lowest BCUT2D eigenvalue weighted by Gasteiger charge is -2.31. The molecule has 0 aliphatic carbocycles. The number of hydrogen-bond acceptors (Lipinski definition) is 4. The fraction of sp³-hybridized carbons (Fsp3) is 0.571. The van der Waals surface area contributed by atoms with Crippen molar-refractivity contribution in [2.45, 2.75) is 25.9 Å². The summed E-state index contributed by atoms with van der Waals surface area (Å²) in [6.45, 7) is 4.29. The van der Waals surface area contributed by atoms with E-state index in [-0.39, 0.29) is 12.0 Å². The lowest BCUT2D eigenvalue weighted by atomic mass is 10.1. The van der Waals surface area contributed by atoms with Gasteiger partial charge in [0.05, 0.1) is 6.10 Å². The number of amides is 1. The average Bonchev–Trinajstić information content (AvgIpc) is 2.47. The van der Waals surface area contributed by atoms with Gasteiger partial charge in [0.2, 0.25) is 0 Å². The molecule has 1 N–H and O–H groups in total. The van der Waals surface area contributed by atoms with Crippen LogP contribution in [0.3, 0.4) is 0 Å². The lowest BCUT2D eigenvalue weighted by Crippen LogP contribution is -2.43. The Morgan fingerprint density at radius 2 is 2.47 bits per heavy atom. The number of aromatic nitrogens is 1. The summed E-state index contributed by atoms with van der Waals surface area (Å²) < 4.78 is 5.34. The Morgan fingerprint density at radius 3 is 3.21 bits per heavy atom. The number of carbonyl (C=O) groups is 1. The molecule has 0 spiro atoms. The molecule has 1 aliphatic rings. The first-order chi connectivity index (χ1) is 9.24. The number of methoxy groups -OCH3 is 1. The van der Waals surface area contributed by atoms with Gasteiger partial charge >= 0.3 is 0 Å². The monoisotopic (exact) mass is 263 g/mol. The van der Waals surface area contributed by atoms with Crippen molar-refractivity contribution in [2.24, 2.45) is 0 Å². The van der Waals surface area contributed by atoms with Crippen molar-refractivity contribution in [3.63, 3.8) is 0 Å². The van der Waals surface area contributed by atoms with Crippen molar-refractivity contribution in [3.05, 3.63) is 24.0 Å². The highest BCUT2D eigenvalue weighted by Crippen LogP contribution is 2.16. The Morgan fingerprint density at radius 1 is 1.63 bits per heavy atom. The first-order valence-corrected chi connectivity index (χ1v) is 6.76. The molecule has 1 atom stereocenters. The molecule has 0 saturated carbocycles. The van der Waals surface area contributed by atoms with Crippen LogP contribution in [0.1, 0.15) is 30.3 Å². The van der Waals surface area contributed by atoms with Crippen LogP contribution in [0, 0.1) is 0 Å². The summed E-state index contributed by atoms with van der Waals surface area (Å²) >= 11 is 0. The van der Waals surface area contributed by atoms with E-state index < -0.39 is 0 Å². The van der Waals surface area contributed by atoms with Crippen LogP contribution in [0.25, 0.3) is 0 Å². The third kappa shape index (κ3) is 3.44. The van der Waals surface area contributed by atoms with Gasteiger partial charge in [-0.15, -0.1) is 0 Å². The Balaban J connectivity index is 2.08. The molecule has 5 nitrogen and oxygen atoms in total. The molecule has 1 fully saturated rings. The van der Waals surface area contributed by atoms with Crippen LogP contribution >= 0.6 is 0 Å². The van der Waals surface area contributed by atoms with E-state index in [1.165, 1.54) is 0 Å². The molecule has 1 aromatic heterocycles. The number of pyridine rings is 1. The van der Waals surface area contributed by atoms with E-state index in [9.17, 15) is 4.79 Å². The maximum Gasteiger partial charge on any atom is 0.272 e. The van der Waals surface area contributed by atoms with Gasteiger partial charge in [0.25, 0.3) is 5.91 Å². The molecule has 1 saturated heterocycles. The van der Waals surface area contributed by atoms with Gasteiger partial charge < -0.3 is 15.0 Å². The van der Waals surface area contributed by atoms with Gasteiger partial charge in [-0.25, -0.2) is 0 Å². The molecule has 19 heavy (non-hydrogen) atoms. The third-order valence-corrected chi connectivity index (χ3v) is 3.36. The molecule has 0 radical (unpaired) electrons. The molecular weight excluding hydrogens is 242 g/mol. The van der Waals surface area contributed by atoms with Crippen molar-refractivity contribution in [2.75, 3.05) is 32.1 Å². The standard InChI is InChI=1S/C14H21N3O2/c1-3-15-11-6-7-16-13(9-11)14(18)17-8-4-5-12(10-17)19-2/h6-7,9,12H,3-5,8,10H2,1-2H3,(H,15,16). The maximum atomic E-state index is 12.4. The van der Waals surface area contributed by atoms with E-state index >= 15 is 0 Å². The average molecular weight is 263 g/mol. The highest BCUT2D eigenvalue weighted by atomic mass is 16.5. The fourth-order valence-electron chi connectivity index (χ4n) is 2.34. The SMILES string of the molecule is CCNc1ccnc(C(=O)N2CCCC(OC)C2)c1. The summed E-state index contributed by atoms with van der Waals surface area (Å²) in [6, 6.07) is 3.68. The van der Waals surface area contributed by atoms with Crippen LogP contribution < -0.4 is 5.32 Å². The Hall–Kier alpha value is -1.62. The molecule has 1 aliphatic heterocycles. The van der Waals surface area contributed by atoms with Gasteiger partial charge in [-0.3, -0.25) is 9.78 Å². The molecule has 2 heterocycles. The number of piperidine rings is 1. The molecule has 0 aromatic carbocycles. The summed E-state index contributed by atoms with van der Waals surface area (Å²) in [6.07, 6.45) is 3.82. The van der Waals surface area contributed by atoms with Crippen molar-refractivity contribution < 1.29 is 9.53 Å². The van der Waals surface area contributed by atoms with Crippen molar-refractivity contribution in [1.82, 2.24) is 9.88 Å². The van der Waals surface area contributed by atoms with Gasteiger partial charge in [0.15, 0.2) is 0 Å². The zero-order valence-corrected chi connectivity index (χ0v) is 11.6. The predicted molar refractivity (Wildman–Crippen MR) is 74.3 cm³/mol. The van der Waals surface area contributed by atoms with E-state index in [1.807, 2.05) is 24.0 Å². The first-order valence-electron chi connectivity index (χ1n) is 6.76. The summed E-state index contributed by atoms with van der Waals surface area (Å²) in [4.78, 5) is 18.4. The number of rotatable bonds is 4. The minimum absolute atomic E-state index is 0.0125. The second kappa shape index (κ2) is 6.52. The van der Waals surface area contributed by atoms with Gasteiger partial charge in [-0.05, 0) is 31.9 Å². The Kier molecular flexibility index (Phi) is 4.74. The van der Waals surface area contributed by atoms with E-state index in [2.05, 4.69) is 10.3 Å². The van der Waals surface area contributed by atoms with Crippen LogP contribution in [0.2, 0.25) is 0 Å². The number of hydrogen-bond donors (Lipinski definition) is 1. The quantitative estimate of drug-likeness (QED) is 0.899. The van der Waals surface area contributed by atoms with E-state index in [4.69, 9.17) is 4.74 Å². The highest BCUT2D eigenvalue weighted by Gasteiger charge is 2.25. The fourth-order valence-corrected chi connectivity index (χ4v) is 2.34. The van der Waals surface area contributed by atoms with Gasteiger partial charge in [-0.1, -0.05) is 0 Å². The zero-order valence-electron chi connectivity index (χ0n) is 11.6. The van der Waals surface area contributed by atoms with E-state index in [1.54, 1.807) is 13.3 Å². The van der Waals surface area contributed by atoms with Crippen molar-refractivity contribution in [1.29, 1.82) is 0 Å². The van der Waals surface area contributed by atoms with Gasteiger partial charge in [-0.2, -0.15) is 0 Å². The van der Waals surface area contributed by atoms with Crippen LogP contribution in [-0.2, 0) is 4.74 Å². The highest BCUT2D eigenvalue weighted by molar-refractivity contribution is 5.93. The number of likely N-dealkylation sites (tertiary alicyclic amines) is 1. The summed E-state index contributed by atoms with van der Waals surface area (Å²) in [5.41, 5.74) is 1.43. The predicted octanol–water partition coefficient (Wildman–Crippen LogP) is 1.76. The molecule has 104 valence electrons. The van der Waals surface area contributed by atoms with E-state index in [0.29, 0.717) is 12.2 Å². The smallest absolute Gasteiger partial charge is 0.272 e. The third-order valence-electron chi connectivity index (χ3n) is 3.36. The van der Waals surface area contributed by atoms with E-state index in [0.717, 1.165) is 31.6 Å². The number of nitrogens with one attached hydrogen (secondary N) is 1. The largest absolute Gasteiger partial charge is 0.385 e. The summed E-state index contributed by atoms with van der Waals surface area (Å²) in [7, 11) is 1.70. The van der Waals surface area contributed by atoms with Crippen LogP contribution in [0.4, 0.5) is 5.69 Å². The van der Waals surface area contributed by atoms with Crippen LogP contribution in [-0.4, -0.2) is 48.6 Å². The normalized spacial score (nSPS) is 19.3. The minimum atomic E-state index is -0.0125. The maximum absolute atomic E-state index is 12.4. The molecule has 1 amide bonds. The molecule has 1 aromatic rings. The van der Waals surface area contributed by atoms with Crippen molar-refractivity contribution >= 4 is 11.6 Å². The first kappa shape index (κ1) is 13.8. The zero-order chi connectivity index (χ0) is 13.7. The van der Waals surface area contributed by atoms with Gasteiger partial charge in [0.1, 0.15) is 5.69 Å². The minimum Gasteiger partial charge on any atom is -0.385 e. The molecule has 5 heteroatoms. The van der Waals surface area contributed by atoms with Gasteiger partial charge in [0, 0.05) is 38.6 Å². The number of anilines is 1. The second-order valence-electron chi connectivity index (χ2n) is 4.71. The summed E-state index contributed by atoms with van der Waals surface area (Å²) in [5, 5.41) is 3.19. The summed E-state index contributed by atoms with van der Waals surface area (Å²) in [5.74, 6) is -0.0125. The number of carbonyl (C=O) groups excluding carboxylic acids is 1.